The Hall–Kier alpha value is -1.15. The zero-order valence-electron chi connectivity index (χ0n) is 6.60. The van der Waals surface area contributed by atoms with E-state index in [4.69, 9.17) is 16.3 Å². The molecule has 1 aromatic carbocycles. The first kappa shape index (κ1) is 7.50. The van der Waals surface area contributed by atoms with Crippen LogP contribution in [0, 0.1) is 0 Å². The highest BCUT2D eigenvalue weighted by Gasteiger charge is 2.04. The van der Waals surface area contributed by atoms with Crippen LogP contribution < -0.4 is 4.74 Å². The van der Waals surface area contributed by atoms with Gasteiger partial charge >= 0.3 is 0 Å². The Labute approximate surface area is 75.1 Å². The van der Waals surface area contributed by atoms with Gasteiger partial charge in [0.2, 0.25) is 0 Å². The number of aromatic nitrogens is 1. The van der Waals surface area contributed by atoms with Crippen LogP contribution in [0.15, 0.2) is 24.4 Å². The predicted octanol–water partition coefficient (Wildman–Crippen LogP) is 2.83. The average molecular weight is 182 g/mol. The van der Waals surface area contributed by atoms with Crippen LogP contribution in [0.5, 0.6) is 5.75 Å². The fourth-order valence-electron chi connectivity index (χ4n) is 1.26. The van der Waals surface area contributed by atoms with E-state index in [1.807, 2.05) is 24.4 Å². The molecule has 0 aliphatic heterocycles. The maximum atomic E-state index is 5.95. The Kier molecular flexibility index (Phi) is 1.70. The first-order valence-electron chi connectivity index (χ1n) is 3.62. The Balaban J connectivity index is 2.82. The number of ether oxygens (including phenoxy) is 1. The average Bonchev–Trinajstić information content (AvgIpc) is 2.54. The summed E-state index contributed by atoms with van der Waals surface area (Å²) in [5.74, 6) is 0.819. The van der Waals surface area contributed by atoms with E-state index < -0.39 is 0 Å². The molecule has 0 saturated carbocycles. The number of fused-ring (bicyclic) bond motifs is 1. The van der Waals surface area contributed by atoms with Crippen LogP contribution in [-0.2, 0) is 0 Å². The van der Waals surface area contributed by atoms with Crippen LogP contribution in [0.3, 0.4) is 0 Å². The highest BCUT2D eigenvalue weighted by atomic mass is 35.5. The molecule has 0 fully saturated rings. The first-order valence-corrected chi connectivity index (χ1v) is 4.00. The molecule has 0 radical (unpaired) electrons. The Morgan fingerprint density at radius 1 is 1.33 bits per heavy atom. The van der Waals surface area contributed by atoms with Crippen molar-refractivity contribution in [1.29, 1.82) is 0 Å². The van der Waals surface area contributed by atoms with E-state index >= 15 is 0 Å². The van der Waals surface area contributed by atoms with E-state index in [0.29, 0.717) is 0 Å². The third kappa shape index (κ3) is 0.959. The Bertz CT molecular complexity index is 408. The summed E-state index contributed by atoms with van der Waals surface area (Å²) in [7, 11) is 1.64. The molecule has 0 aliphatic carbocycles. The number of halogens is 1. The van der Waals surface area contributed by atoms with Gasteiger partial charge in [-0.2, -0.15) is 0 Å². The molecular formula is C9H8ClNO. The predicted molar refractivity (Wildman–Crippen MR) is 49.9 cm³/mol. The normalized spacial score (nSPS) is 10.5. The lowest BCUT2D eigenvalue weighted by molar-refractivity contribution is 0.419. The summed E-state index contributed by atoms with van der Waals surface area (Å²) in [6.45, 7) is 0. The van der Waals surface area contributed by atoms with E-state index in [2.05, 4.69) is 4.98 Å². The molecule has 2 nitrogen and oxygen atoms in total. The van der Waals surface area contributed by atoms with Crippen molar-refractivity contribution in [3.8, 4) is 5.75 Å². The summed E-state index contributed by atoms with van der Waals surface area (Å²) in [5, 5.41) is 1.74. The molecule has 62 valence electrons. The summed E-state index contributed by atoms with van der Waals surface area (Å²) < 4.78 is 5.15. The lowest BCUT2D eigenvalue weighted by Crippen LogP contribution is -1.83. The van der Waals surface area contributed by atoms with E-state index in [1.54, 1.807) is 7.11 Å². The Morgan fingerprint density at radius 3 is 2.92 bits per heavy atom. The summed E-state index contributed by atoms with van der Waals surface area (Å²) >= 11 is 5.95. The lowest BCUT2D eigenvalue weighted by atomic mass is 10.2. The summed E-state index contributed by atoms with van der Waals surface area (Å²) in [5.41, 5.74) is 0.949. The smallest absolute Gasteiger partial charge is 0.143 e. The van der Waals surface area contributed by atoms with E-state index in [9.17, 15) is 0 Å². The van der Waals surface area contributed by atoms with Gasteiger partial charge in [0, 0.05) is 11.6 Å². The highest BCUT2D eigenvalue weighted by molar-refractivity contribution is 6.35. The molecule has 2 aromatic rings. The number of hydrogen-bond donors (Lipinski definition) is 1. The lowest BCUT2D eigenvalue weighted by Gasteiger charge is -2.01. The van der Waals surface area contributed by atoms with Gasteiger partial charge in [0.15, 0.2) is 0 Å². The largest absolute Gasteiger partial charge is 0.495 e. The molecule has 0 bridgehead atoms. The fourth-order valence-corrected chi connectivity index (χ4v) is 1.48. The maximum Gasteiger partial charge on any atom is 0.143 e. The van der Waals surface area contributed by atoms with Gasteiger partial charge in [-0.1, -0.05) is 11.6 Å². The zero-order valence-corrected chi connectivity index (χ0v) is 7.35. The quantitative estimate of drug-likeness (QED) is 0.719. The summed E-state index contributed by atoms with van der Waals surface area (Å²) in [4.78, 5) is 3.07. The molecule has 1 N–H and O–H groups in total. The molecule has 0 saturated heterocycles. The number of methoxy groups -OCH3 is 1. The minimum Gasteiger partial charge on any atom is -0.495 e. The zero-order chi connectivity index (χ0) is 8.55. The minimum absolute atomic E-state index is 0.743. The van der Waals surface area contributed by atoms with Crippen LogP contribution in [0.25, 0.3) is 10.9 Å². The van der Waals surface area contributed by atoms with E-state index in [0.717, 1.165) is 21.7 Å². The monoisotopic (exact) mass is 181 g/mol. The molecule has 1 heterocycles. The molecule has 0 atom stereocenters. The fraction of sp³-hybridized carbons (Fsp3) is 0.111. The molecule has 1 aromatic heterocycles. The molecular weight excluding hydrogens is 174 g/mol. The van der Waals surface area contributed by atoms with Crippen molar-refractivity contribution < 1.29 is 4.74 Å². The van der Waals surface area contributed by atoms with Gasteiger partial charge in [-0.25, -0.2) is 0 Å². The molecule has 0 spiro atoms. The molecule has 0 unspecified atom stereocenters. The minimum atomic E-state index is 0.743. The number of benzene rings is 1. The maximum absolute atomic E-state index is 5.95. The van der Waals surface area contributed by atoms with Gasteiger partial charge < -0.3 is 9.72 Å². The summed E-state index contributed by atoms with van der Waals surface area (Å²) in [6, 6.07) is 5.61. The van der Waals surface area contributed by atoms with Crippen LogP contribution in [0.4, 0.5) is 0 Å². The van der Waals surface area contributed by atoms with Crippen molar-refractivity contribution in [1.82, 2.24) is 4.98 Å². The summed E-state index contributed by atoms with van der Waals surface area (Å²) in [6.07, 6.45) is 1.85. The number of H-pyrrole nitrogens is 1. The highest BCUT2D eigenvalue weighted by Crippen LogP contribution is 2.29. The second kappa shape index (κ2) is 2.72. The van der Waals surface area contributed by atoms with Crippen LogP contribution in [0.2, 0.25) is 5.02 Å². The molecule has 0 aliphatic rings. The second-order valence-corrected chi connectivity index (χ2v) is 2.92. The van der Waals surface area contributed by atoms with Crippen LogP contribution in [0.1, 0.15) is 0 Å². The number of aromatic amines is 1. The number of nitrogens with one attached hydrogen (secondary N) is 1. The van der Waals surface area contributed by atoms with Gasteiger partial charge in [0.25, 0.3) is 0 Å². The third-order valence-electron chi connectivity index (χ3n) is 1.85. The molecule has 3 heteroatoms. The SMILES string of the molecule is COc1ccc(Cl)c2cc[nH]c12. The van der Waals surface area contributed by atoms with E-state index in [1.165, 1.54) is 0 Å². The number of rotatable bonds is 1. The van der Waals surface area contributed by atoms with Crippen molar-refractivity contribution in [2.24, 2.45) is 0 Å². The van der Waals surface area contributed by atoms with Crippen molar-refractivity contribution in [3.63, 3.8) is 0 Å². The van der Waals surface area contributed by atoms with Gasteiger partial charge in [-0.05, 0) is 18.2 Å². The molecule has 2 rings (SSSR count). The third-order valence-corrected chi connectivity index (χ3v) is 2.18. The van der Waals surface area contributed by atoms with Gasteiger partial charge in [0.1, 0.15) is 5.75 Å². The standard InChI is InChI=1S/C9H8ClNO/c1-12-8-3-2-7(10)6-4-5-11-9(6)8/h2-5,11H,1H3. The van der Waals surface area contributed by atoms with E-state index in [-0.39, 0.29) is 0 Å². The Morgan fingerprint density at radius 2 is 2.17 bits per heavy atom. The van der Waals surface area contributed by atoms with Crippen molar-refractivity contribution in [2.75, 3.05) is 7.11 Å². The first-order chi connectivity index (χ1) is 5.83. The second-order valence-electron chi connectivity index (χ2n) is 2.52. The van der Waals surface area contributed by atoms with Gasteiger partial charge in [-0.15, -0.1) is 0 Å². The van der Waals surface area contributed by atoms with Crippen molar-refractivity contribution in [3.05, 3.63) is 29.4 Å². The topological polar surface area (TPSA) is 25.0 Å². The van der Waals surface area contributed by atoms with Crippen LogP contribution in [-0.4, -0.2) is 12.1 Å². The van der Waals surface area contributed by atoms with Crippen molar-refractivity contribution in [2.45, 2.75) is 0 Å². The van der Waals surface area contributed by atoms with Crippen molar-refractivity contribution >= 4 is 22.5 Å². The van der Waals surface area contributed by atoms with Crippen LogP contribution >= 0.6 is 11.6 Å². The molecule has 12 heavy (non-hydrogen) atoms. The van der Waals surface area contributed by atoms with Gasteiger partial charge in [0.05, 0.1) is 17.6 Å². The van der Waals surface area contributed by atoms with Gasteiger partial charge in [-0.3, -0.25) is 0 Å². The number of hydrogen-bond acceptors (Lipinski definition) is 1. The molecule has 0 amide bonds.